The predicted octanol–water partition coefficient (Wildman–Crippen LogP) is 3.90. The Kier molecular flexibility index (Phi) is 5.33. The highest BCUT2D eigenvalue weighted by molar-refractivity contribution is 6.32. The van der Waals surface area contributed by atoms with Crippen LogP contribution in [0.15, 0.2) is 18.2 Å². The van der Waals surface area contributed by atoms with Crippen LogP contribution in [0.25, 0.3) is 0 Å². The summed E-state index contributed by atoms with van der Waals surface area (Å²) in [5.41, 5.74) is 1.11. The Hall–Kier alpha value is -0.730. The molecule has 0 radical (unpaired) electrons. The van der Waals surface area contributed by atoms with Crippen LogP contribution in [0.3, 0.4) is 0 Å². The second-order valence-electron chi connectivity index (χ2n) is 4.99. The molecule has 0 aliphatic carbocycles. The van der Waals surface area contributed by atoms with Gasteiger partial charge in [0.25, 0.3) is 0 Å². The molecule has 0 saturated carbocycles. The summed E-state index contributed by atoms with van der Waals surface area (Å²) in [5, 5.41) is 0.717. The minimum Gasteiger partial charge on any atom is -0.492 e. The molecule has 1 aliphatic rings. The van der Waals surface area contributed by atoms with E-state index in [4.69, 9.17) is 16.3 Å². The number of unbranched alkanes of at least 4 members (excludes halogenated alkanes) is 1. The molecule has 0 spiro atoms. The van der Waals surface area contributed by atoms with Crippen molar-refractivity contribution < 1.29 is 4.74 Å². The molecule has 0 atom stereocenters. The van der Waals surface area contributed by atoms with E-state index in [-0.39, 0.29) is 0 Å². The number of nitrogens with zero attached hydrogens (tertiary/aromatic N) is 1. The zero-order valence-electron chi connectivity index (χ0n) is 11.1. The zero-order chi connectivity index (χ0) is 12.8. The van der Waals surface area contributed by atoms with Crippen LogP contribution >= 0.6 is 11.6 Å². The molecule has 1 fully saturated rings. The van der Waals surface area contributed by atoms with E-state index in [0.717, 1.165) is 29.4 Å². The summed E-state index contributed by atoms with van der Waals surface area (Å²) in [7, 11) is 0. The van der Waals surface area contributed by atoms with Gasteiger partial charge in [-0.25, -0.2) is 0 Å². The van der Waals surface area contributed by atoms with Crippen molar-refractivity contribution >= 4 is 11.6 Å². The molecule has 0 aromatic heterocycles. The van der Waals surface area contributed by atoms with Crippen LogP contribution in [0, 0.1) is 6.92 Å². The van der Waals surface area contributed by atoms with Crippen molar-refractivity contribution in [2.45, 2.75) is 32.6 Å². The molecule has 0 amide bonds. The first-order valence-corrected chi connectivity index (χ1v) is 7.25. The normalized spacial score (nSPS) is 16.1. The molecule has 1 heterocycles. The number of aryl methyl sites for hydroxylation is 1. The Balaban J connectivity index is 1.65. The molecular formula is C15H22ClNO. The fourth-order valence-electron chi connectivity index (χ4n) is 2.42. The summed E-state index contributed by atoms with van der Waals surface area (Å²) in [6, 6.07) is 5.87. The zero-order valence-corrected chi connectivity index (χ0v) is 11.9. The SMILES string of the molecule is Cc1cccc(Cl)c1OCCCCN1CCCC1. The maximum absolute atomic E-state index is 6.11. The molecule has 2 nitrogen and oxygen atoms in total. The lowest BCUT2D eigenvalue weighted by Gasteiger charge is -2.14. The topological polar surface area (TPSA) is 12.5 Å². The Bertz CT molecular complexity index is 355. The van der Waals surface area contributed by atoms with Crippen LogP contribution in [0.1, 0.15) is 31.2 Å². The van der Waals surface area contributed by atoms with Gasteiger partial charge in [-0.05, 0) is 63.9 Å². The van der Waals surface area contributed by atoms with E-state index in [1.807, 2.05) is 25.1 Å². The number of halogens is 1. The molecule has 18 heavy (non-hydrogen) atoms. The summed E-state index contributed by atoms with van der Waals surface area (Å²) in [6.07, 6.45) is 5.05. The van der Waals surface area contributed by atoms with Gasteiger partial charge in [0.1, 0.15) is 5.75 Å². The van der Waals surface area contributed by atoms with E-state index in [0.29, 0.717) is 0 Å². The van der Waals surface area contributed by atoms with Gasteiger partial charge in [-0.2, -0.15) is 0 Å². The Morgan fingerprint density at radius 3 is 2.72 bits per heavy atom. The third-order valence-electron chi connectivity index (χ3n) is 3.48. The first-order valence-electron chi connectivity index (χ1n) is 6.87. The van der Waals surface area contributed by atoms with E-state index in [9.17, 15) is 0 Å². The third kappa shape index (κ3) is 3.89. The number of hydrogen-bond acceptors (Lipinski definition) is 2. The van der Waals surface area contributed by atoms with Crippen molar-refractivity contribution in [1.82, 2.24) is 4.90 Å². The van der Waals surface area contributed by atoms with Gasteiger partial charge in [0, 0.05) is 0 Å². The summed E-state index contributed by atoms with van der Waals surface area (Å²) in [6.45, 7) is 6.57. The lowest BCUT2D eigenvalue weighted by Crippen LogP contribution is -2.20. The van der Waals surface area contributed by atoms with Gasteiger partial charge in [0.15, 0.2) is 0 Å². The van der Waals surface area contributed by atoms with Crippen LogP contribution in [0.4, 0.5) is 0 Å². The number of rotatable bonds is 6. The molecule has 1 aromatic rings. The quantitative estimate of drug-likeness (QED) is 0.725. The lowest BCUT2D eigenvalue weighted by atomic mass is 10.2. The Morgan fingerprint density at radius 1 is 1.22 bits per heavy atom. The lowest BCUT2D eigenvalue weighted by molar-refractivity contribution is 0.279. The van der Waals surface area contributed by atoms with Crippen molar-refractivity contribution in [1.29, 1.82) is 0 Å². The van der Waals surface area contributed by atoms with Crippen molar-refractivity contribution in [3.8, 4) is 5.75 Å². The summed E-state index contributed by atoms with van der Waals surface area (Å²) >= 11 is 6.11. The van der Waals surface area contributed by atoms with Crippen LogP contribution in [0.5, 0.6) is 5.75 Å². The first kappa shape index (κ1) is 13.7. The number of ether oxygens (including phenoxy) is 1. The second kappa shape index (κ2) is 7.01. The van der Waals surface area contributed by atoms with Crippen LogP contribution < -0.4 is 4.74 Å². The monoisotopic (exact) mass is 267 g/mol. The minimum absolute atomic E-state index is 0.717. The van der Waals surface area contributed by atoms with Crippen LogP contribution in [0.2, 0.25) is 5.02 Å². The Morgan fingerprint density at radius 2 is 2.00 bits per heavy atom. The standard InChI is InChI=1S/C15H22ClNO/c1-13-7-6-8-14(16)15(13)18-12-5-4-11-17-9-2-3-10-17/h6-8H,2-5,9-12H2,1H3. The smallest absolute Gasteiger partial charge is 0.140 e. The van der Waals surface area contributed by atoms with E-state index in [1.54, 1.807) is 0 Å². The van der Waals surface area contributed by atoms with E-state index >= 15 is 0 Å². The molecule has 1 saturated heterocycles. The second-order valence-corrected chi connectivity index (χ2v) is 5.40. The number of likely N-dealkylation sites (tertiary alicyclic amines) is 1. The van der Waals surface area contributed by atoms with Gasteiger partial charge in [-0.15, -0.1) is 0 Å². The van der Waals surface area contributed by atoms with E-state index in [1.165, 1.54) is 38.9 Å². The van der Waals surface area contributed by atoms with E-state index < -0.39 is 0 Å². The molecule has 0 bridgehead atoms. The minimum atomic E-state index is 0.717. The highest BCUT2D eigenvalue weighted by Gasteiger charge is 2.10. The van der Waals surface area contributed by atoms with Gasteiger partial charge in [0.2, 0.25) is 0 Å². The number of para-hydroxylation sites is 1. The molecule has 2 rings (SSSR count). The van der Waals surface area contributed by atoms with Crippen molar-refractivity contribution in [2.75, 3.05) is 26.2 Å². The highest BCUT2D eigenvalue weighted by Crippen LogP contribution is 2.27. The van der Waals surface area contributed by atoms with Gasteiger partial charge >= 0.3 is 0 Å². The fourth-order valence-corrected chi connectivity index (χ4v) is 2.69. The van der Waals surface area contributed by atoms with Crippen LogP contribution in [-0.2, 0) is 0 Å². The maximum Gasteiger partial charge on any atom is 0.140 e. The Labute approximate surface area is 115 Å². The summed E-state index contributed by atoms with van der Waals surface area (Å²) in [4.78, 5) is 2.54. The first-order chi connectivity index (χ1) is 8.77. The van der Waals surface area contributed by atoms with Gasteiger partial charge in [0.05, 0.1) is 11.6 Å². The summed E-state index contributed by atoms with van der Waals surface area (Å²) in [5.74, 6) is 0.848. The number of benzene rings is 1. The van der Waals surface area contributed by atoms with Crippen molar-refractivity contribution in [3.63, 3.8) is 0 Å². The molecule has 1 aromatic carbocycles. The average Bonchev–Trinajstić information content (AvgIpc) is 2.85. The molecular weight excluding hydrogens is 246 g/mol. The molecule has 3 heteroatoms. The molecule has 0 unspecified atom stereocenters. The average molecular weight is 268 g/mol. The summed E-state index contributed by atoms with van der Waals surface area (Å²) < 4.78 is 5.78. The van der Waals surface area contributed by atoms with Gasteiger partial charge in [-0.1, -0.05) is 23.7 Å². The largest absolute Gasteiger partial charge is 0.492 e. The highest BCUT2D eigenvalue weighted by atomic mass is 35.5. The van der Waals surface area contributed by atoms with E-state index in [2.05, 4.69) is 4.90 Å². The molecule has 100 valence electrons. The fraction of sp³-hybridized carbons (Fsp3) is 0.600. The van der Waals surface area contributed by atoms with Gasteiger partial charge in [-0.3, -0.25) is 0 Å². The van der Waals surface area contributed by atoms with Crippen LogP contribution in [-0.4, -0.2) is 31.1 Å². The maximum atomic E-state index is 6.11. The molecule has 1 aliphatic heterocycles. The predicted molar refractivity (Wildman–Crippen MR) is 76.6 cm³/mol. The third-order valence-corrected chi connectivity index (χ3v) is 3.78. The van der Waals surface area contributed by atoms with Crippen molar-refractivity contribution in [3.05, 3.63) is 28.8 Å². The number of hydrogen-bond donors (Lipinski definition) is 0. The van der Waals surface area contributed by atoms with Gasteiger partial charge < -0.3 is 9.64 Å². The van der Waals surface area contributed by atoms with Crippen molar-refractivity contribution in [2.24, 2.45) is 0 Å². The molecule has 0 N–H and O–H groups in total.